The molecule has 5 nitrogen and oxygen atoms in total. The zero-order chi connectivity index (χ0) is 19.9. The van der Waals surface area contributed by atoms with E-state index in [9.17, 15) is 9.59 Å². The summed E-state index contributed by atoms with van der Waals surface area (Å²) < 4.78 is 5.90. The fourth-order valence-electron chi connectivity index (χ4n) is 3.58. The number of nitrogens with one attached hydrogen (secondary N) is 2. The first kappa shape index (κ1) is 19.9. The first-order valence-electron chi connectivity index (χ1n) is 9.96. The minimum absolute atomic E-state index is 0.00561. The number of carbonyl (C=O) groups excluding carboxylic acids is 2. The van der Waals surface area contributed by atoms with Gasteiger partial charge < -0.3 is 15.4 Å². The van der Waals surface area contributed by atoms with E-state index in [1.165, 1.54) is 0 Å². The Balaban J connectivity index is 1.65. The van der Waals surface area contributed by atoms with Crippen LogP contribution in [0.5, 0.6) is 11.5 Å². The second-order valence-electron chi connectivity index (χ2n) is 7.61. The lowest BCUT2D eigenvalue weighted by Crippen LogP contribution is -2.43. The number of carbonyl (C=O) groups is 2. The van der Waals surface area contributed by atoms with Crippen LogP contribution in [0.4, 0.5) is 0 Å². The summed E-state index contributed by atoms with van der Waals surface area (Å²) in [6.07, 6.45) is 3.37. The highest BCUT2D eigenvalue weighted by Gasteiger charge is 2.29. The van der Waals surface area contributed by atoms with Gasteiger partial charge in [0, 0.05) is 18.0 Å². The van der Waals surface area contributed by atoms with Crippen LogP contribution in [0, 0.1) is 5.92 Å². The first-order valence-corrected chi connectivity index (χ1v) is 9.96. The molecule has 3 rings (SSSR count). The van der Waals surface area contributed by atoms with Crippen molar-refractivity contribution in [1.82, 2.24) is 10.6 Å². The van der Waals surface area contributed by atoms with E-state index < -0.39 is 0 Å². The van der Waals surface area contributed by atoms with Gasteiger partial charge in [0.05, 0.1) is 5.56 Å². The molecule has 148 valence electrons. The standard InChI is InChI=1S/C23H28N2O3/c1-16(2)24-22(26)17-9-8-10-18(15-17)25-23(27)20-13-6-7-14-21(20)28-19-11-4-3-5-12-19/h3-7,11-14,16-18H,8-10,15H2,1-2H3,(H,24,26)(H,25,27). The van der Waals surface area contributed by atoms with Crippen LogP contribution < -0.4 is 15.4 Å². The summed E-state index contributed by atoms with van der Waals surface area (Å²) in [5.74, 6) is 1.09. The predicted octanol–water partition coefficient (Wildman–Crippen LogP) is 4.29. The summed E-state index contributed by atoms with van der Waals surface area (Å²) >= 11 is 0. The number of para-hydroxylation sites is 2. The Morgan fingerprint density at radius 1 is 1.00 bits per heavy atom. The first-order chi connectivity index (χ1) is 13.5. The summed E-state index contributed by atoms with van der Waals surface area (Å²) in [5, 5.41) is 6.08. The molecule has 2 atom stereocenters. The topological polar surface area (TPSA) is 67.4 Å². The molecule has 1 saturated carbocycles. The summed E-state index contributed by atoms with van der Waals surface area (Å²) in [7, 11) is 0. The van der Waals surface area contributed by atoms with Crippen LogP contribution in [0.3, 0.4) is 0 Å². The van der Waals surface area contributed by atoms with Crippen molar-refractivity contribution in [2.24, 2.45) is 5.92 Å². The van der Waals surface area contributed by atoms with Gasteiger partial charge in [0.1, 0.15) is 11.5 Å². The van der Waals surface area contributed by atoms with Crippen molar-refractivity contribution in [3.8, 4) is 11.5 Å². The predicted molar refractivity (Wildman–Crippen MR) is 109 cm³/mol. The molecule has 2 unspecified atom stereocenters. The molecule has 2 aromatic rings. The molecular weight excluding hydrogens is 352 g/mol. The van der Waals surface area contributed by atoms with Crippen molar-refractivity contribution in [2.75, 3.05) is 0 Å². The van der Waals surface area contributed by atoms with E-state index >= 15 is 0 Å². The number of rotatable bonds is 6. The van der Waals surface area contributed by atoms with Gasteiger partial charge >= 0.3 is 0 Å². The highest BCUT2D eigenvalue weighted by atomic mass is 16.5. The largest absolute Gasteiger partial charge is 0.457 e. The van der Waals surface area contributed by atoms with E-state index in [0.717, 1.165) is 19.3 Å². The molecule has 2 amide bonds. The number of benzene rings is 2. The Kier molecular flexibility index (Phi) is 6.69. The Morgan fingerprint density at radius 3 is 2.46 bits per heavy atom. The molecule has 0 spiro atoms. The highest BCUT2D eigenvalue weighted by Crippen LogP contribution is 2.27. The molecule has 0 heterocycles. The minimum Gasteiger partial charge on any atom is -0.457 e. The summed E-state index contributed by atoms with van der Waals surface area (Å²) in [6, 6.07) is 16.8. The second kappa shape index (κ2) is 9.40. The summed E-state index contributed by atoms with van der Waals surface area (Å²) in [5.41, 5.74) is 0.500. The zero-order valence-electron chi connectivity index (χ0n) is 16.5. The normalized spacial score (nSPS) is 19.1. The van der Waals surface area contributed by atoms with Gasteiger partial charge in [-0.05, 0) is 57.4 Å². The van der Waals surface area contributed by atoms with Gasteiger partial charge in [-0.1, -0.05) is 36.8 Å². The van der Waals surface area contributed by atoms with Crippen LogP contribution in [-0.4, -0.2) is 23.9 Å². The van der Waals surface area contributed by atoms with Crippen molar-refractivity contribution >= 4 is 11.8 Å². The quantitative estimate of drug-likeness (QED) is 0.785. The highest BCUT2D eigenvalue weighted by molar-refractivity contribution is 5.97. The lowest BCUT2D eigenvalue weighted by molar-refractivity contribution is -0.126. The number of amides is 2. The van der Waals surface area contributed by atoms with E-state index in [4.69, 9.17) is 4.74 Å². The van der Waals surface area contributed by atoms with Crippen molar-refractivity contribution in [3.05, 3.63) is 60.2 Å². The smallest absolute Gasteiger partial charge is 0.255 e. The van der Waals surface area contributed by atoms with Gasteiger partial charge in [0.2, 0.25) is 5.91 Å². The average Bonchev–Trinajstić information content (AvgIpc) is 2.69. The molecule has 2 N–H and O–H groups in total. The Hall–Kier alpha value is -2.82. The molecule has 0 aliphatic heterocycles. The molecule has 5 heteroatoms. The van der Waals surface area contributed by atoms with Crippen LogP contribution in [0.2, 0.25) is 0 Å². The lowest BCUT2D eigenvalue weighted by atomic mass is 9.85. The third-order valence-corrected chi connectivity index (χ3v) is 4.91. The Bertz CT molecular complexity index is 805. The molecule has 0 radical (unpaired) electrons. The number of hydrogen-bond acceptors (Lipinski definition) is 3. The van der Waals surface area contributed by atoms with E-state index in [1.54, 1.807) is 12.1 Å². The molecule has 0 bridgehead atoms. The van der Waals surface area contributed by atoms with Crippen LogP contribution >= 0.6 is 0 Å². The van der Waals surface area contributed by atoms with E-state index in [1.807, 2.05) is 56.3 Å². The number of hydrogen-bond donors (Lipinski definition) is 2. The fraction of sp³-hybridized carbons (Fsp3) is 0.391. The van der Waals surface area contributed by atoms with Gasteiger partial charge in [-0.25, -0.2) is 0 Å². The fourth-order valence-corrected chi connectivity index (χ4v) is 3.58. The third-order valence-electron chi connectivity index (χ3n) is 4.91. The maximum atomic E-state index is 12.9. The zero-order valence-corrected chi connectivity index (χ0v) is 16.5. The second-order valence-corrected chi connectivity index (χ2v) is 7.61. The van der Waals surface area contributed by atoms with Gasteiger partial charge in [0.25, 0.3) is 5.91 Å². The van der Waals surface area contributed by atoms with Crippen molar-refractivity contribution in [2.45, 2.75) is 51.6 Å². The number of ether oxygens (including phenoxy) is 1. The lowest BCUT2D eigenvalue weighted by Gasteiger charge is -2.29. The van der Waals surface area contributed by atoms with Crippen LogP contribution in [0.25, 0.3) is 0 Å². The summed E-state index contributed by atoms with van der Waals surface area (Å²) in [6.45, 7) is 3.92. The molecule has 1 aliphatic rings. The average molecular weight is 380 g/mol. The molecule has 1 aliphatic carbocycles. The molecule has 0 aromatic heterocycles. The van der Waals surface area contributed by atoms with E-state index in [2.05, 4.69) is 10.6 Å². The molecule has 1 fully saturated rings. The SMILES string of the molecule is CC(C)NC(=O)C1CCCC(NC(=O)c2ccccc2Oc2ccccc2)C1. The molecular formula is C23H28N2O3. The maximum Gasteiger partial charge on any atom is 0.255 e. The van der Waals surface area contributed by atoms with E-state index in [0.29, 0.717) is 23.5 Å². The van der Waals surface area contributed by atoms with Crippen molar-refractivity contribution < 1.29 is 14.3 Å². The maximum absolute atomic E-state index is 12.9. The van der Waals surface area contributed by atoms with Crippen molar-refractivity contribution in [1.29, 1.82) is 0 Å². The molecule has 28 heavy (non-hydrogen) atoms. The van der Waals surface area contributed by atoms with Crippen molar-refractivity contribution in [3.63, 3.8) is 0 Å². The van der Waals surface area contributed by atoms with Crippen LogP contribution in [-0.2, 0) is 4.79 Å². The Morgan fingerprint density at radius 2 is 1.71 bits per heavy atom. The van der Waals surface area contributed by atoms with Gasteiger partial charge in [-0.2, -0.15) is 0 Å². The van der Waals surface area contributed by atoms with E-state index in [-0.39, 0.29) is 29.8 Å². The monoisotopic (exact) mass is 380 g/mol. The van der Waals surface area contributed by atoms with Crippen LogP contribution in [0.15, 0.2) is 54.6 Å². The third kappa shape index (κ3) is 5.35. The molecule has 2 aromatic carbocycles. The summed E-state index contributed by atoms with van der Waals surface area (Å²) in [4.78, 5) is 25.2. The van der Waals surface area contributed by atoms with Crippen LogP contribution in [0.1, 0.15) is 49.9 Å². The van der Waals surface area contributed by atoms with Gasteiger partial charge in [0.15, 0.2) is 0 Å². The van der Waals surface area contributed by atoms with Gasteiger partial charge in [-0.3, -0.25) is 9.59 Å². The Labute approximate surface area is 166 Å². The van der Waals surface area contributed by atoms with Gasteiger partial charge in [-0.15, -0.1) is 0 Å². The molecule has 0 saturated heterocycles. The minimum atomic E-state index is -0.165.